The standard InChI is InChI=1S/C16H21N3O3/c1-11-7-8-18(9-14(11)20)15(21)10-19-13-6-4-3-5-12(13)17(2)16(19)22/h3-6,11,14,20H,7-10H2,1-2H3. The number of hydrogen-bond donors (Lipinski definition) is 1. The van der Waals surface area contributed by atoms with Crippen LogP contribution in [-0.2, 0) is 18.4 Å². The predicted octanol–water partition coefficient (Wildman–Crippen LogP) is 0.569. The molecule has 3 rings (SSSR count). The van der Waals surface area contributed by atoms with Gasteiger partial charge >= 0.3 is 5.69 Å². The van der Waals surface area contributed by atoms with Gasteiger partial charge in [-0.25, -0.2) is 4.79 Å². The molecule has 118 valence electrons. The first-order chi connectivity index (χ1) is 10.5. The molecule has 0 bridgehead atoms. The van der Waals surface area contributed by atoms with Gasteiger partial charge in [0.15, 0.2) is 0 Å². The molecule has 2 unspecified atom stereocenters. The maximum Gasteiger partial charge on any atom is 0.329 e. The minimum Gasteiger partial charge on any atom is -0.391 e. The van der Waals surface area contributed by atoms with Gasteiger partial charge in [0.2, 0.25) is 5.91 Å². The number of piperidine rings is 1. The van der Waals surface area contributed by atoms with E-state index in [2.05, 4.69) is 0 Å². The highest BCUT2D eigenvalue weighted by molar-refractivity contribution is 5.81. The zero-order valence-corrected chi connectivity index (χ0v) is 12.9. The number of aliphatic hydroxyl groups excluding tert-OH is 1. The Balaban J connectivity index is 1.86. The zero-order valence-electron chi connectivity index (χ0n) is 12.9. The Labute approximate surface area is 128 Å². The molecule has 1 fully saturated rings. The summed E-state index contributed by atoms with van der Waals surface area (Å²) in [5.41, 5.74) is 1.38. The average Bonchev–Trinajstić information content (AvgIpc) is 2.75. The number of aliphatic hydroxyl groups is 1. The second-order valence-corrected chi connectivity index (χ2v) is 6.09. The number of para-hydroxylation sites is 2. The molecule has 6 heteroatoms. The summed E-state index contributed by atoms with van der Waals surface area (Å²) in [6.07, 6.45) is 0.305. The van der Waals surface area contributed by atoms with E-state index < -0.39 is 6.10 Å². The van der Waals surface area contributed by atoms with Gasteiger partial charge in [0.25, 0.3) is 0 Å². The lowest BCUT2D eigenvalue weighted by Gasteiger charge is -2.34. The fraction of sp³-hybridized carbons (Fsp3) is 0.500. The lowest BCUT2D eigenvalue weighted by Crippen LogP contribution is -2.47. The van der Waals surface area contributed by atoms with Crippen molar-refractivity contribution in [2.75, 3.05) is 13.1 Å². The van der Waals surface area contributed by atoms with E-state index in [1.807, 2.05) is 31.2 Å². The van der Waals surface area contributed by atoms with E-state index in [0.717, 1.165) is 17.5 Å². The third kappa shape index (κ3) is 2.43. The molecule has 0 radical (unpaired) electrons. The quantitative estimate of drug-likeness (QED) is 0.882. The van der Waals surface area contributed by atoms with Crippen LogP contribution in [0.25, 0.3) is 11.0 Å². The topological polar surface area (TPSA) is 67.5 Å². The summed E-state index contributed by atoms with van der Waals surface area (Å²) in [5.74, 6) is 0.0914. The Hall–Kier alpha value is -2.08. The van der Waals surface area contributed by atoms with Gasteiger partial charge in [0.1, 0.15) is 6.54 Å². The van der Waals surface area contributed by atoms with Gasteiger partial charge in [-0.15, -0.1) is 0 Å². The third-order valence-corrected chi connectivity index (χ3v) is 4.62. The second-order valence-electron chi connectivity index (χ2n) is 6.09. The lowest BCUT2D eigenvalue weighted by atomic mass is 9.96. The molecule has 0 saturated carbocycles. The summed E-state index contributed by atoms with van der Waals surface area (Å²) in [4.78, 5) is 26.5. The normalized spacial score (nSPS) is 22.2. The first-order valence-electron chi connectivity index (χ1n) is 7.59. The fourth-order valence-electron chi connectivity index (χ4n) is 3.03. The molecule has 1 amide bonds. The van der Waals surface area contributed by atoms with E-state index in [4.69, 9.17) is 0 Å². The third-order valence-electron chi connectivity index (χ3n) is 4.62. The molecule has 1 saturated heterocycles. The van der Waals surface area contributed by atoms with Gasteiger partial charge in [-0.05, 0) is 24.5 Å². The lowest BCUT2D eigenvalue weighted by molar-refractivity contribution is -0.136. The SMILES string of the molecule is CC1CCN(C(=O)Cn2c(=O)n(C)c3ccccc32)CC1O. The van der Waals surface area contributed by atoms with Crippen LogP contribution in [0.2, 0.25) is 0 Å². The van der Waals surface area contributed by atoms with E-state index in [1.165, 1.54) is 4.57 Å². The van der Waals surface area contributed by atoms with Crippen molar-refractivity contribution in [1.29, 1.82) is 0 Å². The summed E-state index contributed by atoms with van der Waals surface area (Å²) in [7, 11) is 1.71. The molecular weight excluding hydrogens is 282 g/mol. The molecule has 0 aliphatic carbocycles. The van der Waals surface area contributed by atoms with Crippen LogP contribution >= 0.6 is 0 Å². The molecule has 1 aliphatic heterocycles. The highest BCUT2D eigenvalue weighted by atomic mass is 16.3. The van der Waals surface area contributed by atoms with Crippen molar-refractivity contribution in [3.63, 3.8) is 0 Å². The molecule has 6 nitrogen and oxygen atoms in total. The first kappa shape index (κ1) is 14.8. The van der Waals surface area contributed by atoms with E-state index in [9.17, 15) is 14.7 Å². The average molecular weight is 303 g/mol. The van der Waals surface area contributed by atoms with Crippen molar-refractivity contribution >= 4 is 16.9 Å². The number of aryl methyl sites for hydroxylation is 1. The largest absolute Gasteiger partial charge is 0.391 e. The highest BCUT2D eigenvalue weighted by Gasteiger charge is 2.27. The summed E-state index contributed by atoms with van der Waals surface area (Å²) in [6.45, 7) is 2.99. The molecule has 22 heavy (non-hydrogen) atoms. The summed E-state index contributed by atoms with van der Waals surface area (Å²) >= 11 is 0. The molecule has 1 aromatic carbocycles. The minimum absolute atomic E-state index is 0.0152. The van der Waals surface area contributed by atoms with Crippen LogP contribution in [0, 0.1) is 5.92 Å². The molecule has 1 aliphatic rings. The maximum absolute atomic E-state index is 12.5. The number of likely N-dealkylation sites (tertiary alicyclic amines) is 1. The van der Waals surface area contributed by atoms with Crippen molar-refractivity contribution in [2.24, 2.45) is 13.0 Å². The molecule has 2 heterocycles. The fourth-order valence-corrected chi connectivity index (χ4v) is 3.03. The van der Waals surface area contributed by atoms with Gasteiger partial charge in [0, 0.05) is 20.1 Å². The van der Waals surface area contributed by atoms with E-state index >= 15 is 0 Å². The molecule has 1 aromatic heterocycles. The van der Waals surface area contributed by atoms with Crippen LogP contribution in [0.4, 0.5) is 0 Å². The molecular formula is C16H21N3O3. The summed E-state index contributed by atoms with van der Waals surface area (Å²) in [6, 6.07) is 7.44. The Bertz CT molecular complexity index is 762. The number of hydrogen-bond acceptors (Lipinski definition) is 3. The monoisotopic (exact) mass is 303 g/mol. The van der Waals surface area contributed by atoms with Crippen LogP contribution in [0.3, 0.4) is 0 Å². The number of aromatic nitrogens is 2. The number of imidazole rings is 1. The van der Waals surface area contributed by atoms with Crippen molar-refractivity contribution in [1.82, 2.24) is 14.0 Å². The van der Waals surface area contributed by atoms with Crippen molar-refractivity contribution in [3.05, 3.63) is 34.7 Å². The number of rotatable bonds is 2. The van der Waals surface area contributed by atoms with Crippen molar-refractivity contribution in [2.45, 2.75) is 26.0 Å². The Kier molecular flexibility index (Phi) is 3.78. The summed E-state index contributed by atoms with van der Waals surface area (Å²) in [5, 5.41) is 9.93. The van der Waals surface area contributed by atoms with Crippen LogP contribution in [0.5, 0.6) is 0 Å². The zero-order chi connectivity index (χ0) is 15.9. The first-order valence-corrected chi connectivity index (χ1v) is 7.59. The van der Waals surface area contributed by atoms with Gasteiger partial charge in [0.05, 0.1) is 17.1 Å². The number of fused-ring (bicyclic) bond motifs is 1. The Morgan fingerprint density at radius 3 is 2.68 bits per heavy atom. The van der Waals surface area contributed by atoms with Crippen LogP contribution < -0.4 is 5.69 Å². The minimum atomic E-state index is -0.484. The predicted molar refractivity (Wildman–Crippen MR) is 83.5 cm³/mol. The molecule has 0 spiro atoms. The van der Waals surface area contributed by atoms with E-state index in [-0.39, 0.29) is 24.1 Å². The highest BCUT2D eigenvalue weighted by Crippen LogP contribution is 2.18. The van der Waals surface area contributed by atoms with Gasteiger partial charge < -0.3 is 10.0 Å². The Morgan fingerprint density at radius 2 is 2.00 bits per heavy atom. The van der Waals surface area contributed by atoms with Gasteiger partial charge in [-0.1, -0.05) is 19.1 Å². The molecule has 1 N–H and O–H groups in total. The van der Waals surface area contributed by atoms with Gasteiger partial charge in [-0.3, -0.25) is 13.9 Å². The van der Waals surface area contributed by atoms with Crippen LogP contribution in [0.15, 0.2) is 29.1 Å². The van der Waals surface area contributed by atoms with E-state index in [1.54, 1.807) is 16.5 Å². The van der Waals surface area contributed by atoms with Crippen LogP contribution in [0.1, 0.15) is 13.3 Å². The van der Waals surface area contributed by atoms with Crippen molar-refractivity contribution in [3.8, 4) is 0 Å². The molecule has 2 aromatic rings. The molecule has 2 atom stereocenters. The van der Waals surface area contributed by atoms with E-state index in [0.29, 0.717) is 13.1 Å². The van der Waals surface area contributed by atoms with Crippen molar-refractivity contribution < 1.29 is 9.90 Å². The number of benzene rings is 1. The number of β-amino-alcohol motifs (C(OH)–C–C–N with tert-alkyl or cyclic N) is 1. The summed E-state index contributed by atoms with van der Waals surface area (Å²) < 4.78 is 3.05. The maximum atomic E-state index is 12.5. The second kappa shape index (κ2) is 5.61. The Morgan fingerprint density at radius 1 is 1.32 bits per heavy atom. The number of carbonyl (C=O) groups excluding carboxylic acids is 1. The number of nitrogens with zero attached hydrogens (tertiary/aromatic N) is 3. The number of carbonyl (C=O) groups is 1. The smallest absolute Gasteiger partial charge is 0.329 e. The van der Waals surface area contributed by atoms with Crippen LogP contribution in [-0.4, -0.2) is 44.2 Å². The van der Waals surface area contributed by atoms with Gasteiger partial charge in [-0.2, -0.15) is 0 Å². The number of amides is 1.